The number of nitrogens with one attached hydrogen (secondary N) is 1. The minimum Gasteiger partial charge on any atom is -0.495 e. The topological polar surface area (TPSA) is 90.9 Å². The lowest BCUT2D eigenvalue weighted by atomic mass is 9.90. The number of hydrogen-bond acceptors (Lipinski definition) is 6. The quantitative estimate of drug-likeness (QED) is 0.404. The van der Waals surface area contributed by atoms with Crippen LogP contribution in [0.4, 0.5) is 11.8 Å². The first-order valence-corrected chi connectivity index (χ1v) is 11.2. The van der Waals surface area contributed by atoms with Gasteiger partial charge in [0.25, 0.3) is 0 Å². The summed E-state index contributed by atoms with van der Waals surface area (Å²) in [5.41, 5.74) is 11.4. The van der Waals surface area contributed by atoms with Crippen LogP contribution in [-0.2, 0) is 0 Å². The molecule has 0 saturated heterocycles. The van der Waals surface area contributed by atoms with Crippen molar-refractivity contribution < 1.29 is 4.74 Å². The van der Waals surface area contributed by atoms with Gasteiger partial charge in [-0.1, -0.05) is 41.4 Å². The molecule has 9 heteroatoms. The van der Waals surface area contributed by atoms with E-state index in [1.54, 1.807) is 26.7 Å². The molecule has 0 bridgehead atoms. The number of methoxy groups -OCH3 is 1. The minimum atomic E-state index is 0.0147. The van der Waals surface area contributed by atoms with Crippen LogP contribution in [0.25, 0.3) is 5.69 Å². The van der Waals surface area contributed by atoms with Crippen molar-refractivity contribution in [2.24, 2.45) is 0 Å². The standard InChI is InChI=1S/C24H22Cl2N6O/c1-28-24-30-22-17(13-3-6-15(25)7-4-13)10-16(21(22)23(27)31-24)14-5-8-18(19(9-14)33-2)32-11-20(26)29-12-32/h3-9,11-12,16-17H,10H2,1-2H3,(H3,27,28,30,31). The van der Waals surface area contributed by atoms with Gasteiger partial charge >= 0.3 is 0 Å². The predicted molar refractivity (Wildman–Crippen MR) is 131 cm³/mol. The zero-order valence-electron chi connectivity index (χ0n) is 18.1. The summed E-state index contributed by atoms with van der Waals surface area (Å²) in [5.74, 6) is 1.79. The van der Waals surface area contributed by atoms with Gasteiger partial charge < -0.3 is 20.4 Å². The first kappa shape index (κ1) is 21.6. The molecule has 33 heavy (non-hydrogen) atoms. The van der Waals surface area contributed by atoms with Crippen molar-refractivity contribution in [1.82, 2.24) is 19.5 Å². The lowest BCUT2D eigenvalue weighted by molar-refractivity contribution is 0.412. The van der Waals surface area contributed by atoms with E-state index in [2.05, 4.69) is 21.4 Å². The highest BCUT2D eigenvalue weighted by Crippen LogP contribution is 2.50. The fraction of sp³-hybridized carbons (Fsp3) is 0.208. The lowest BCUT2D eigenvalue weighted by Gasteiger charge is -2.17. The summed E-state index contributed by atoms with van der Waals surface area (Å²) < 4.78 is 7.54. The van der Waals surface area contributed by atoms with E-state index in [-0.39, 0.29) is 11.8 Å². The maximum Gasteiger partial charge on any atom is 0.224 e. The Labute approximate surface area is 201 Å². The summed E-state index contributed by atoms with van der Waals surface area (Å²) in [6.45, 7) is 0. The molecular weight excluding hydrogens is 459 g/mol. The molecule has 7 nitrogen and oxygen atoms in total. The van der Waals surface area contributed by atoms with Gasteiger partial charge in [0.05, 0.1) is 18.5 Å². The monoisotopic (exact) mass is 480 g/mol. The number of nitrogens with two attached hydrogens (primary N) is 1. The highest BCUT2D eigenvalue weighted by molar-refractivity contribution is 6.30. The fourth-order valence-corrected chi connectivity index (χ4v) is 4.83. The summed E-state index contributed by atoms with van der Waals surface area (Å²) in [6.07, 6.45) is 4.21. The molecule has 2 unspecified atom stereocenters. The molecule has 4 aromatic rings. The van der Waals surface area contributed by atoms with E-state index in [9.17, 15) is 0 Å². The Balaban J connectivity index is 1.61. The molecule has 0 amide bonds. The molecule has 0 saturated carbocycles. The van der Waals surface area contributed by atoms with Crippen molar-refractivity contribution in [2.45, 2.75) is 18.3 Å². The molecular formula is C24H22Cl2N6O. The fourth-order valence-electron chi connectivity index (χ4n) is 4.55. The molecule has 2 aromatic heterocycles. The second-order valence-corrected chi connectivity index (χ2v) is 8.73. The first-order chi connectivity index (χ1) is 16.0. The van der Waals surface area contributed by atoms with E-state index in [1.165, 1.54) is 0 Å². The summed E-state index contributed by atoms with van der Waals surface area (Å²) in [6, 6.07) is 14.0. The number of fused-ring (bicyclic) bond motifs is 1. The molecule has 0 radical (unpaired) electrons. The number of hydrogen-bond donors (Lipinski definition) is 2. The highest BCUT2D eigenvalue weighted by Gasteiger charge is 2.37. The van der Waals surface area contributed by atoms with Crippen LogP contribution >= 0.6 is 23.2 Å². The Hall–Kier alpha value is -3.29. The van der Waals surface area contributed by atoms with Crippen molar-refractivity contribution in [3.63, 3.8) is 0 Å². The van der Waals surface area contributed by atoms with Crippen LogP contribution in [0.3, 0.4) is 0 Å². The third-order valence-corrected chi connectivity index (χ3v) is 6.53. The van der Waals surface area contributed by atoms with Gasteiger partial charge in [-0.25, -0.2) is 9.97 Å². The van der Waals surface area contributed by atoms with Crippen LogP contribution in [0.1, 0.15) is 40.6 Å². The average Bonchev–Trinajstić information content (AvgIpc) is 3.43. The van der Waals surface area contributed by atoms with E-state index in [0.29, 0.717) is 27.7 Å². The molecule has 1 aliphatic carbocycles. The second-order valence-electron chi connectivity index (χ2n) is 7.91. The molecule has 2 heterocycles. The lowest BCUT2D eigenvalue weighted by Crippen LogP contribution is -2.08. The van der Waals surface area contributed by atoms with Gasteiger partial charge in [-0.2, -0.15) is 4.98 Å². The van der Waals surface area contributed by atoms with Gasteiger partial charge in [0, 0.05) is 35.7 Å². The highest BCUT2D eigenvalue weighted by atomic mass is 35.5. The Morgan fingerprint density at radius 2 is 1.82 bits per heavy atom. The van der Waals surface area contributed by atoms with E-state index >= 15 is 0 Å². The third kappa shape index (κ3) is 3.87. The number of benzene rings is 2. The molecule has 2 aromatic carbocycles. The summed E-state index contributed by atoms with van der Waals surface area (Å²) in [4.78, 5) is 13.4. The molecule has 2 atom stereocenters. The molecule has 0 fully saturated rings. The van der Waals surface area contributed by atoms with Crippen molar-refractivity contribution in [1.29, 1.82) is 0 Å². The maximum atomic E-state index is 6.46. The summed E-state index contributed by atoms with van der Waals surface area (Å²) >= 11 is 12.1. The molecule has 168 valence electrons. The van der Waals surface area contributed by atoms with Crippen LogP contribution in [0.5, 0.6) is 5.75 Å². The Morgan fingerprint density at radius 3 is 2.48 bits per heavy atom. The Kier molecular flexibility index (Phi) is 5.60. The van der Waals surface area contributed by atoms with Crippen LogP contribution in [0, 0.1) is 0 Å². The molecule has 0 aliphatic heterocycles. The number of anilines is 2. The van der Waals surface area contributed by atoms with Gasteiger partial charge in [-0.15, -0.1) is 0 Å². The summed E-state index contributed by atoms with van der Waals surface area (Å²) in [5, 5.41) is 4.14. The number of halogens is 2. The van der Waals surface area contributed by atoms with Crippen LogP contribution in [0.2, 0.25) is 10.2 Å². The van der Waals surface area contributed by atoms with Crippen molar-refractivity contribution >= 4 is 35.0 Å². The van der Waals surface area contributed by atoms with Gasteiger partial charge in [0.15, 0.2) is 0 Å². The van der Waals surface area contributed by atoms with E-state index < -0.39 is 0 Å². The van der Waals surface area contributed by atoms with E-state index in [4.69, 9.17) is 38.7 Å². The second kappa shape index (κ2) is 8.57. The first-order valence-electron chi connectivity index (χ1n) is 10.5. The summed E-state index contributed by atoms with van der Waals surface area (Å²) in [7, 11) is 3.44. The van der Waals surface area contributed by atoms with Crippen molar-refractivity contribution in [3.8, 4) is 11.4 Å². The van der Waals surface area contributed by atoms with Gasteiger partial charge in [-0.3, -0.25) is 0 Å². The molecule has 1 aliphatic rings. The maximum absolute atomic E-state index is 6.46. The van der Waals surface area contributed by atoms with Gasteiger partial charge in [0.1, 0.15) is 23.0 Å². The normalized spacial score (nSPS) is 17.1. The van der Waals surface area contributed by atoms with Crippen molar-refractivity contribution in [3.05, 3.63) is 87.5 Å². The number of rotatable bonds is 5. The zero-order chi connectivity index (χ0) is 23.1. The van der Waals surface area contributed by atoms with E-state index in [0.717, 1.165) is 34.5 Å². The van der Waals surface area contributed by atoms with Gasteiger partial charge in [-0.05, 0) is 41.8 Å². The number of nitrogen functional groups attached to an aromatic ring is 1. The van der Waals surface area contributed by atoms with Crippen LogP contribution < -0.4 is 15.8 Å². The molecule has 5 rings (SSSR count). The Morgan fingerprint density at radius 1 is 1.06 bits per heavy atom. The van der Waals surface area contributed by atoms with Gasteiger partial charge in [0.2, 0.25) is 5.95 Å². The number of nitrogens with zero attached hydrogens (tertiary/aromatic N) is 4. The third-order valence-electron chi connectivity index (χ3n) is 6.09. The predicted octanol–water partition coefficient (Wildman–Crippen LogP) is 5.27. The number of aromatic nitrogens is 4. The van der Waals surface area contributed by atoms with E-state index in [1.807, 2.05) is 41.0 Å². The van der Waals surface area contributed by atoms with Crippen LogP contribution in [-0.4, -0.2) is 33.7 Å². The average molecular weight is 481 g/mol. The van der Waals surface area contributed by atoms with Crippen LogP contribution in [0.15, 0.2) is 55.0 Å². The SMILES string of the molecule is CNc1nc(N)c2c(n1)C(c1ccc(Cl)cc1)CC2c1ccc(-n2cnc(Cl)c2)c(OC)c1. The Bertz CT molecular complexity index is 1320. The molecule has 0 spiro atoms. The zero-order valence-corrected chi connectivity index (χ0v) is 19.6. The smallest absolute Gasteiger partial charge is 0.224 e. The molecule has 3 N–H and O–H groups in total. The van der Waals surface area contributed by atoms with Crippen molar-refractivity contribution in [2.75, 3.05) is 25.2 Å². The number of ether oxygens (including phenoxy) is 1. The minimum absolute atomic E-state index is 0.0147. The number of imidazole rings is 1. The largest absolute Gasteiger partial charge is 0.495 e.